The van der Waals surface area contributed by atoms with Gasteiger partial charge in [0.25, 0.3) is 0 Å². The molecule has 268 valence electrons. The summed E-state index contributed by atoms with van der Waals surface area (Å²) in [6.45, 7) is 12.1. The molecule has 0 rings (SSSR count). The van der Waals surface area contributed by atoms with Crippen molar-refractivity contribution in [1.29, 1.82) is 0 Å². The highest BCUT2D eigenvalue weighted by atomic mass is 16.6. The standard InChI is InChI=1S/C33H64O12/c1-3-5-6-7-8-9-10-11-12-13-32(34)45-31-30-43-29-28-42-27-26-41-25-24-40-23-22-39-21-20-38-19-18-37-17-16-36-15-14-33(35)44-4-2/h3-31H2,1-2H3. The van der Waals surface area contributed by atoms with Crippen molar-refractivity contribution in [2.75, 3.05) is 119 Å². The molecule has 0 saturated carbocycles. The summed E-state index contributed by atoms with van der Waals surface area (Å²) in [5.41, 5.74) is 0. The number of hydrogen-bond donors (Lipinski definition) is 0. The summed E-state index contributed by atoms with van der Waals surface area (Å²) in [5, 5.41) is 0. The highest BCUT2D eigenvalue weighted by molar-refractivity contribution is 5.69. The van der Waals surface area contributed by atoms with Gasteiger partial charge in [0.1, 0.15) is 6.61 Å². The fraction of sp³-hybridized carbons (Fsp3) is 0.939. The summed E-state index contributed by atoms with van der Waals surface area (Å²) < 4.78 is 53.4. The van der Waals surface area contributed by atoms with Crippen molar-refractivity contribution < 1.29 is 57.0 Å². The van der Waals surface area contributed by atoms with Crippen LogP contribution >= 0.6 is 0 Å². The maximum atomic E-state index is 11.8. The van der Waals surface area contributed by atoms with Crippen LogP contribution in [0.3, 0.4) is 0 Å². The minimum absolute atomic E-state index is 0.139. The van der Waals surface area contributed by atoms with Crippen molar-refractivity contribution in [3.8, 4) is 0 Å². The van der Waals surface area contributed by atoms with Crippen LogP contribution < -0.4 is 0 Å². The molecular weight excluding hydrogens is 588 g/mol. The molecule has 45 heavy (non-hydrogen) atoms. The van der Waals surface area contributed by atoms with Crippen molar-refractivity contribution in [3.63, 3.8) is 0 Å². The second kappa shape index (κ2) is 38.8. The summed E-state index contributed by atoms with van der Waals surface area (Å²) in [4.78, 5) is 22.9. The molecule has 0 atom stereocenters. The Morgan fingerprint density at radius 1 is 0.333 bits per heavy atom. The summed E-state index contributed by atoms with van der Waals surface area (Å²) in [6.07, 6.45) is 11.8. The van der Waals surface area contributed by atoms with Crippen LogP contribution in [0.2, 0.25) is 0 Å². The lowest BCUT2D eigenvalue weighted by Gasteiger charge is -2.09. The summed E-state index contributed by atoms with van der Waals surface area (Å²) >= 11 is 0. The molecule has 0 N–H and O–H groups in total. The number of unbranched alkanes of at least 4 members (excludes halogenated alkanes) is 8. The molecule has 0 radical (unpaired) electrons. The molecule has 0 fully saturated rings. The van der Waals surface area contributed by atoms with E-state index in [1.54, 1.807) is 6.92 Å². The van der Waals surface area contributed by atoms with Gasteiger partial charge in [-0.3, -0.25) is 9.59 Å². The summed E-state index contributed by atoms with van der Waals surface area (Å²) in [7, 11) is 0. The number of esters is 2. The van der Waals surface area contributed by atoms with Gasteiger partial charge >= 0.3 is 11.9 Å². The molecule has 0 bridgehead atoms. The van der Waals surface area contributed by atoms with Crippen LogP contribution in [-0.2, 0) is 57.0 Å². The molecule has 0 aromatic carbocycles. The first-order valence-corrected chi connectivity index (χ1v) is 17.1. The van der Waals surface area contributed by atoms with E-state index in [2.05, 4.69) is 6.92 Å². The highest BCUT2D eigenvalue weighted by Crippen LogP contribution is 2.10. The molecule has 0 spiro atoms. The second-order valence-electron chi connectivity index (χ2n) is 10.3. The van der Waals surface area contributed by atoms with Crippen molar-refractivity contribution in [1.82, 2.24) is 0 Å². The minimum atomic E-state index is -0.251. The van der Waals surface area contributed by atoms with Gasteiger partial charge in [-0.05, 0) is 13.3 Å². The largest absolute Gasteiger partial charge is 0.466 e. The number of carbonyl (C=O) groups excluding carboxylic acids is 2. The van der Waals surface area contributed by atoms with Gasteiger partial charge in [-0.2, -0.15) is 0 Å². The molecule has 12 heteroatoms. The number of rotatable bonds is 38. The lowest BCUT2D eigenvalue weighted by molar-refractivity contribution is -0.146. The van der Waals surface area contributed by atoms with Gasteiger partial charge in [-0.25, -0.2) is 0 Å². The Balaban J connectivity index is 3.13. The Labute approximate surface area is 272 Å². The molecule has 0 aliphatic heterocycles. The second-order valence-corrected chi connectivity index (χ2v) is 10.3. The number of carbonyl (C=O) groups is 2. The maximum Gasteiger partial charge on any atom is 0.308 e. The van der Waals surface area contributed by atoms with E-state index in [0.29, 0.717) is 119 Å². The maximum absolute atomic E-state index is 11.8. The molecular formula is C33H64O12. The van der Waals surface area contributed by atoms with Crippen molar-refractivity contribution in [2.24, 2.45) is 0 Å². The predicted octanol–water partition coefficient (Wildman–Crippen LogP) is 4.54. The third-order valence-electron chi connectivity index (χ3n) is 6.34. The molecule has 0 saturated heterocycles. The van der Waals surface area contributed by atoms with Gasteiger partial charge in [-0.15, -0.1) is 0 Å². The molecule has 0 aliphatic rings. The van der Waals surface area contributed by atoms with Crippen LogP contribution in [0.4, 0.5) is 0 Å². The normalized spacial score (nSPS) is 11.2. The third-order valence-corrected chi connectivity index (χ3v) is 6.34. The van der Waals surface area contributed by atoms with Gasteiger partial charge in [0, 0.05) is 6.42 Å². The van der Waals surface area contributed by atoms with Gasteiger partial charge in [0.15, 0.2) is 0 Å². The Hall–Kier alpha value is -1.38. The molecule has 0 unspecified atom stereocenters. The molecule has 0 aliphatic carbocycles. The first-order chi connectivity index (χ1) is 22.2. The van der Waals surface area contributed by atoms with E-state index in [9.17, 15) is 9.59 Å². The summed E-state index contributed by atoms with van der Waals surface area (Å²) in [5.74, 6) is -0.390. The lowest BCUT2D eigenvalue weighted by Crippen LogP contribution is -2.15. The van der Waals surface area contributed by atoms with E-state index in [0.717, 1.165) is 12.8 Å². The average Bonchev–Trinajstić information content (AvgIpc) is 3.03. The Bertz CT molecular complexity index is 608. The first kappa shape index (κ1) is 43.6. The minimum Gasteiger partial charge on any atom is -0.466 e. The van der Waals surface area contributed by atoms with E-state index >= 15 is 0 Å². The fourth-order valence-corrected chi connectivity index (χ4v) is 3.90. The van der Waals surface area contributed by atoms with Gasteiger partial charge < -0.3 is 47.4 Å². The van der Waals surface area contributed by atoms with Gasteiger partial charge in [-0.1, -0.05) is 58.3 Å². The van der Waals surface area contributed by atoms with E-state index in [-0.39, 0.29) is 25.0 Å². The van der Waals surface area contributed by atoms with Crippen LogP contribution in [0.25, 0.3) is 0 Å². The van der Waals surface area contributed by atoms with Crippen LogP contribution in [-0.4, -0.2) is 131 Å². The SMILES string of the molecule is CCCCCCCCCCCC(=O)OCCOCCOCCOCCOCCOCCOCCOCCOCCC(=O)OCC. The molecule has 0 aromatic heterocycles. The molecule has 12 nitrogen and oxygen atoms in total. The zero-order valence-corrected chi connectivity index (χ0v) is 28.4. The number of ether oxygens (including phenoxy) is 10. The fourth-order valence-electron chi connectivity index (χ4n) is 3.90. The smallest absolute Gasteiger partial charge is 0.308 e. The van der Waals surface area contributed by atoms with E-state index < -0.39 is 0 Å². The molecule has 0 heterocycles. The van der Waals surface area contributed by atoms with Crippen LogP contribution in [0.1, 0.15) is 84.5 Å². The van der Waals surface area contributed by atoms with Gasteiger partial charge in [0.05, 0.1) is 119 Å². The Morgan fingerprint density at radius 2 is 0.644 bits per heavy atom. The van der Waals surface area contributed by atoms with Crippen molar-refractivity contribution in [3.05, 3.63) is 0 Å². The van der Waals surface area contributed by atoms with E-state index in [1.165, 1.54) is 44.9 Å². The Kier molecular flexibility index (Phi) is 37.6. The highest BCUT2D eigenvalue weighted by Gasteiger charge is 2.03. The van der Waals surface area contributed by atoms with E-state index in [4.69, 9.17) is 47.4 Å². The Morgan fingerprint density at radius 3 is 1.02 bits per heavy atom. The van der Waals surface area contributed by atoms with Crippen LogP contribution in [0, 0.1) is 0 Å². The first-order valence-electron chi connectivity index (χ1n) is 17.1. The lowest BCUT2D eigenvalue weighted by atomic mass is 10.1. The van der Waals surface area contributed by atoms with Gasteiger partial charge in [0.2, 0.25) is 0 Å². The van der Waals surface area contributed by atoms with Crippen molar-refractivity contribution in [2.45, 2.75) is 84.5 Å². The van der Waals surface area contributed by atoms with Crippen LogP contribution in [0.5, 0.6) is 0 Å². The number of hydrogen-bond acceptors (Lipinski definition) is 12. The quantitative estimate of drug-likeness (QED) is 0.0687. The predicted molar refractivity (Wildman–Crippen MR) is 171 cm³/mol. The third kappa shape index (κ3) is 38.7. The molecule has 0 aromatic rings. The zero-order chi connectivity index (χ0) is 32.7. The van der Waals surface area contributed by atoms with Crippen LogP contribution in [0.15, 0.2) is 0 Å². The zero-order valence-electron chi connectivity index (χ0n) is 28.4. The monoisotopic (exact) mass is 652 g/mol. The van der Waals surface area contributed by atoms with Crippen molar-refractivity contribution >= 4 is 11.9 Å². The van der Waals surface area contributed by atoms with E-state index in [1.807, 2.05) is 0 Å². The topological polar surface area (TPSA) is 126 Å². The summed E-state index contributed by atoms with van der Waals surface area (Å²) in [6, 6.07) is 0. The average molecular weight is 653 g/mol. The molecule has 0 amide bonds.